The highest BCUT2D eigenvalue weighted by Crippen LogP contribution is 2.22. The lowest BCUT2D eigenvalue weighted by Gasteiger charge is -2.12. The third-order valence-electron chi connectivity index (χ3n) is 4.09. The summed E-state index contributed by atoms with van der Waals surface area (Å²) >= 11 is 0. The van der Waals surface area contributed by atoms with Gasteiger partial charge in [0.05, 0.1) is 11.6 Å². The van der Waals surface area contributed by atoms with Crippen LogP contribution in [0.3, 0.4) is 0 Å². The smallest absolute Gasteiger partial charge is 0.171 e. The molecule has 0 aliphatic carbocycles. The Hall–Kier alpha value is -2.46. The Kier molecular flexibility index (Phi) is 6.48. The molecule has 0 spiro atoms. The molecule has 1 aromatic heterocycles. The summed E-state index contributed by atoms with van der Waals surface area (Å²) in [4.78, 5) is 17.0. The van der Waals surface area contributed by atoms with E-state index in [1.165, 1.54) is 17.7 Å². The molecule has 0 fully saturated rings. The van der Waals surface area contributed by atoms with Crippen molar-refractivity contribution in [2.24, 2.45) is 0 Å². The van der Waals surface area contributed by atoms with Crippen molar-refractivity contribution in [2.45, 2.75) is 19.3 Å². The number of aromatic hydroxyl groups is 1. The van der Waals surface area contributed by atoms with Gasteiger partial charge < -0.3 is 5.11 Å². The summed E-state index contributed by atoms with van der Waals surface area (Å²) < 4.78 is 0. The number of benzene rings is 2. The highest BCUT2D eigenvalue weighted by Gasteiger charge is 2.18. The largest absolute Gasteiger partial charge is 0.508 e. The molecular formula is C21H20BrNO2. The van der Waals surface area contributed by atoms with Gasteiger partial charge in [-0.2, -0.15) is 0 Å². The van der Waals surface area contributed by atoms with Crippen molar-refractivity contribution in [3.8, 4) is 5.75 Å². The summed E-state index contributed by atoms with van der Waals surface area (Å²) in [6.07, 6.45) is 2.57. The number of hydrogen-bond acceptors (Lipinski definition) is 3. The Balaban J connectivity index is 0.00000225. The molecule has 0 amide bonds. The zero-order valence-electron chi connectivity index (χ0n) is 13.9. The van der Waals surface area contributed by atoms with Crippen LogP contribution in [0.4, 0.5) is 0 Å². The molecule has 25 heavy (non-hydrogen) atoms. The van der Waals surface area contributed by atoms with Gasteiger partial charge in [0.25, 0.3) is 0 Å². The Morgan fingerprint density at radius 3 is 2.36 bits per heavy atom. The minimum Gasteiger partial charge on any atom is -0.508 e. The number of Topliss-reactive ketones (excluding diaryl/α,β-unsaturated/α-hetero) is 1. The molecule has 0 aliphatic rings. The van der Waals surface area contributed by atoms with E-state index in [2.05, 4.69) is 17.1 Å². The van der Waals surface area contributed by atoms with Crippen molar-refractivity contribution in [2.75, 3.05) is 0 Å². The number of carbonyl (C=O) groups excluding carboxylic acids is 1. The van der Waals surface area contributed by atoms with Gasteiger partial charge in [0.2, 0.25) is 0 Å². The van der Waals surface area contributed by atoms with Crippen LogP contribution in [-0.4, -0.2) is 15.9 Å². The van der Waals surface area contributed by atoms with Crippen LogP contribution < -0.4 is 0 Å². The van der Waals surface area contributed by atoms with E-state index in [4.69, 9.17) is 0 Å². The quantitative estimate of drug-likeness (QED) is 0.620. The predicted molar refractivity (Wildman–Crippen MR) is 105 cm³/mol. The van der Waals surface area contributed by atoms with E-state index in [-0.39, 0.29) is 34.4 Å². The lowest BCUT2D eigenvalue weighted by atomic mass is 9.94. The number of carbonyl (C=O) groups is 1. The Morgan fingerprint density at radius 1 is 1.00 bits per heavy atom. The fourth-order valence-electron chi connectivity index (χ4n) is 2.68. The molecule has 128 valence electrons. The number of pyridine rings is 1. The summed E-state index contributed by atoms with van der Waals surface area (Å²) in [5.74, 6) is -0.174. The molecule has 0 radical (unpaired) electrons. The van der Waals surface area contributed by atoms with Gasteiger partial charge in [-0.05, 0) is 60.9 Å². The third-order valence-corrected chi connectivity index (χ3v) is 4.09. The number of halogens is 1. The van der Waals surface area contributed by atoms with Crippen LogP contribution in [-0.2, 0) is 6.42 Å². The first kappa shape index (κ1) is 18.9. The van der Waals surface area contributed by atoms with Crippen molar-refractivity contribution < 1.29 is 9.90 Å². The summed E-state index contributed by atoms with van der Waals surface area (Å²) in [5, 5.41) is 9.35. The minimum absolute atomic E-state index is 0. The van der Waals surface area contributed by atoms with Gasteiger partial charge in [-0.3, -0.25) is 9.78 Å². The molecule has 0 aliphatic heterocycles. The first-order valence-electron chi connectivity index (χ1n) is 7.95. The minimum atomic E-state index is -0.328. The standard InChI is InChI=1S/C21H19NO2.BrH/c1-15(21(24)18-7-9-19(23)10-8-18)20-14-17(11-12-22-20)13-16-5-3-2-4-6-16;/h2-12,14-15,23H,13H2,1H3;1H. The third kappa shape index (κ3) is 4.77. The summed E-state index contributed by atoms with van der Waals surface area (Å²) in [6, 6.07) is 20.5. The molecule has 0 bridgehead atoms. The van der Waals surface area contributed by atoms with Crippen LogP contribution in [0.25, 0.3) is 0 Å². The lowest BCUT2D eigenvalue weighted by molar-refractivity contribution is 0.0964. The monoisotopic (exact) mass is 397 g/mol. The van der Waals surface area contributed by atoms with Crippen LogP contribution in [0.15, 0.2) is 72.9 Å². The fourth-order valence-corrected chi connectivity index (χ4v) is 2.68. The second kappa shape index (κ2) is 8.58. The van der Waals surface area contributed by atoms with Crippen molar-refractivity contribution >= 4 is 22.8 Å². The van der Waals surface area contributed by atoms with E-state index in [0.29, 0.717) is 5.56 Å². The van der Waals surface area contributed by atoms with Gasteiger partial charge in [-0.15, -0.1) is 17.0 Å². The van der Waals surface area contributed by atoms with Gasteiger partial charge >= 0.3 is 0 Å². The maximum atomic E-state index is 12.6. The molecule has 1 heterocycles. The van der Waals surface area contributed by atoms with E-state index in [1.807, 2.05) is 37.3 Å². The van der Waals surface area contributed by atoms with Gasteiger partial charge in [0.1, 0.15) is 5.75 Å². The van der Waals surface area contributed by atoms with E-state index in [1.54, 1.807) is 18.3 Å². The molecule has 4 heteroatoms. The molecule has 2 aromatic carbocycles. The topological polar surface area (TPSA) is 50.2 Å². The van der Waals surface area contributed by atoms with Gasteiger partial charge in [-0.25, -0.2) is 0 Å². The van der Waals surface area contributed by atoms with E-state index in [0.717, 1.165) is 17.7 Å². The number of phenols is 1. The maximum absolute atomic E-state index is 12.6. The van der Waals surface area contributed by atoms with Crippen LogP contribution in [0, 0.1) is 0 Å². The van der Waals surface area contributed by atoms with Crippen molar-refractivity contribution in [1.82, 2.24) is 4.98 Å². The van der Waals surface area contributed by atoms with Gasteiger partial charge in [-0.1, -0.05) is 30.3 Å². The molecule has 1 N–H and O–H groups in total. The van der Waals surface area contributed by atoms with Gasteiger partial charge in [0, 0.05) is 11.8 Å². The Bertz CT molecular complexity index is 832. The number of aromatic nitrogens is 1. The zero-order chi connectivity index (χ0) is 16.9. The Labute approximate surface area is 158 Å². The first-order chi connectivity index (χ1) is 11.6. The number of nitrogens with zero attached hydrogens (tertiary/aromatic N) is 1. The number of ketones is 1. The fraction of sp³-hybridized carbons (Fsp3) is 0.143. The van der Waals surface area contributed by atoms with Crippen LogP contribution in [0.2, 0.25) is 0 Å². The van der Waals surface area contributed by atoms with E-state index >= 15 is 0 Å². The molecular weight excluding hydrogens is 378 g/mol. The molecule has 0 saturated carbocycles. The normalized spacial score (nSPS) is 11.4. The van der Waals surface area contributed by atoms with Crippen LogP contribution >= 0.6 is 17.0 Å². The first-order valence-corrected chi connectivity index (χ1v) is 7.95. The average molecular weight is 398 g/mol. The molecule has 1 unspecified atom stereocenters. The van der Waals surface area contributed by atoms with Crippen molar-refractivity contribution in [3.63, 3.8) is 0 Å². The number of hydrogen-bond donors (Lipinski definition) is 1. The van der Waals surface area contributed by atoms with Crippen LogP contribution in [0.5, 0.6) is 5.75 Å². The van der Waals surface area contributed by atoms with E-state index in [9.17, 15) is 9.90 Å². The molecule has 0 saturated heterocycles. The zero-order valence-corrected chi connectivity index (χ0v) is 15.6. The maximum Gasteiger partial charge on any atom is 0.171 e. The molecule has 3 aromatic rings. The average Bonchev–Trinajstić information content (AvgIpc) is 2.62. The van der Waals surface area contributed by atoms with Crippen molar-refractivity contribution in [1.29, 1.82) is 0 Å². The summed E-state index contributed by atoms with van der Waals surface area (Å²) in [5.41, 5.74) is 3.71. The second-order valence-electron chi connectivity index (χ2n) is 5.88. The number of rotatable bonds is 5. The summed E-state index contributed by atoms with van der Waals surface area (Å²) in [6.45, 7) is 1.86. The van der Waals surface area contributed by atoms with Crippen LogP contribution in [0.1, 0.15) is 40.0 Å². The highest BCUT2D eigenvalue weighted by atomic mass is 79.9. The molecule has 3 nitrogen and oxygen atoms in total. The molecule has 3 rings (SSSR count). The number of phenolic OH excluding ortho intramolecular Hbond substituents is 1. The molecule has 1 atom stereocenters. The predicted octanol–water partition coefficient (Wildman–Crippen LogP) is 4.94. The SMILES string of the molecule is Br.CC(C(=O)c1ccc(O)cc1)c1cc(Cc2ccccc2)ccn1. The second-order valence-corrected chi connectivity index (χ2v) is 5.88. The van der Waals surface area contributed by atoms with Gasteiger partial charge in [0.15, 0.2) is 5.78 Å². The summed E-state index contributed by atoms with van der Waals surface area (Å²) in [7, 11) is 0. The lowest BCUT2D eigenvalue weighted by Crippen LogP contribution is -2.11. The highest BCUT2D eigenvalue weighted by molar-refractivity contribution is 8.93. The Morgan fingerprint density at radius 2 is 1.68 bits per heavy atom. The van der Waals surface area contributed by atoms with E-state index < -0.39 is 0 Å². The van der Waals surface area contributed by atoms with Crippen molar-refractivity contribution in [3.05, 3.63) is 95.3 Å².